The monoisotopic (exact) mass is 235 g/mol. The Bertz CT molecular complexity index is 480. The summed E-state index contributed by atoms with van der Waals surface area (Å²) < 4.78 is 16.9. The highest BCUT2D eigenvalue weighted by Gasteiger charge is 2.42. The van der Waals surface area contributed by atoms with E-state index in [1.165, 1.54) is 0 Å². The van der Waals surface area contributed by atoms with Crippen molar-refractivity contribution in [3.05, 3.63) is 17.7 Å². The molecule has 0 aromatic heterocycles. The number of hydrogen-bond acceptors (Lipinski definition) is 4. The third-order valence-electron chi connectivity index (χ3n) is 3.28. The molecule has 1 unspecified atom stereocenters. The van der Waals surface area contributed by atoms with Crippen molar-refractivity contribution in [3.63, 3.8) is 0 Å². The smallest absolute Gasteiger partial charge is 0.231 e. The summed E-state index contributed by atoms with van der Waals surface area (Å²) in [7, 11) is 0. The summed E-state index contributed by atoms with van der Waals surface area (Å²) in [4.78, 5) is 0. The Hall–Kier alpha value is -1.42. The van der Waals surface area contributed by atoms with Gasteiger partial charge in [-0.25, -0.2) is 0 Å². The molecule has 2 aliphatic heterocycles. The van der Waals surface area contributed by atoms with E-state index in [-0.39, 0.29) is 12.4 Å². The lowest BCUT2D eigenvalue weighted by Crippen LogP contribution is -2.47. The van der Waals surface area contributed by atoms with Gasteiger partial charge in [-0.3, -0.25) is 0 Å². The second-order valence-corrected chi connectivity index (χ2v) is 5.63. The third-order valence-corrected chi connectivity index (χ3v) is 3.28. The van der Waals surface area contributed by atoms with Crippen LogP contribution in [0.2, 0.25) is 0 Å². The first-order chi connectivity index (χ1) is 7.89. The summed E-state index contributed by atoms with van der Waals surface area (Å²) in [5.74, 6) is 2.16. The molecule has 0 radical (unpaired) electrons. The summed E-state index contributed by atoms with van der Waals surface area (Å²) in [6.45, 7) is 6.35. The van der Waals surface area contributed by atoms with Crippen LogP contribution in [-0.4, -0.2) is 12.4 Å². The van der Waals surface area contributed by atoms with Gasteiger partial charge in [0.15, 0.2) is 11.5 Å². The lowest BCUT2D eigenvalue weighted by atomic mass is 9.79. The second kappa shape index (κ2) is 3.07. The van der Waals surface area contributed by atoms with Crippen LogP contribution in [-0.2, 0) is 5.54 Å². The van der Waals surface area contributed by atoms with Crippen molar-refractivity contribution in [3.8, 4) is 17.2 Å². The summed E-state index contributed by atoms with van der Waals surface area (Å²) in [6.07, 6.45) is 0.770. The van der Waals surface area contributed by atoms with E-state index in [4.69, 9.17) is 19.9 Å². The van der Waals surface area contributed by atoms with Crippen LogP contribution in [0.5, 0.6) is 17.2 Å². The Labute approximate surface area is 101 Å². The molecule has 17 heavy (non-hydrogen) atoms. The first kappa shape index (κ1) is 10.7. The van der Waals surface area contributed by atoms with Gasteiger partial charge in [0, 0.05) is 17.5 Å². The molecule has 0 fully saturated rings. The zero-order valence-corrected chi connectivity index (χ0v) is 10.4. The molecule has 0 saturated carbocycles. The van der Waals surface area contributed by atoms with Crippen LogP contribution in [0.15, 0.2) is 12.1 Å². The van der Waals surface area contributed by atoms with Gasteiger partial charge in [0.05, 0.1) is 0 Å². The highest BCUT2D eigenvalue weighted by molar-refractivity contribution is 5.59. The average Bonchev–Trinajstić information content (AvgIpc) is 2.61. The molecule has 92 valence electrons. The summed E-state index contributed by atoms with van der Waals surface area (Å²) in [6, 6.07) is 3.87. The first-order valence-electron chi connectivity index (χ1n) is 5.80. The predicted molar refractivity (Wildman–Crippen MR) is 63.4 cm³/mol. The molecular weight excluding hydrogens is 218 g/mol. The fourth-order valence-corrected chi connectivity index (χ4v) is 2.79. The maximum absolute atomic E-state index is 6.38. The minimum Gasteiger partial charge on any atom is -0.483 e. The Morgan fingerprint density at radius 3 is 2.65 bits per heavy atom. The van der Waals surface area contributed by atoms with Gasteiger partial charge in [-0.05, 0) is 32.9 Å². The zero-order chi connectivity index (χ0) is 12.3. The van der Waals surface area contributed by atoms with E-state index >= 15 is 0 Å². The van der Waals surface area contributed by atoms with Crippen LogP contribution >= 0.6 is 0 Å². The largest absolute Gasteiger partial charge is 0.483 e. The minimum atomic E-state index is -0.405. The molecule has 1 aromatic rings. The Morgan fingerprint density at radius 2 is 1.88 bits per heavy atom. The number of rotatable bonds is 0. The van der Waals surface area contributed by atoms with Gasteiger partial charge in [0.1, 0.15) is 5.60 Å². The molecule has 4 nitrogen and oxygen atoms in total. The maximum Gasteiger partial charge on any atom is 0.231 e. The van der Waals surface area contributed by atoms with Crippen molar-refractivity contribution in [1.82, 2.24) is 0 Å². The summed E-state index contributed by atoms with van der Waals surface area (Å²) in [5.41, 5.74) is 6.67. The molecule has 1 aromatic carbocycles. The van der Waals surface area contributed by atoms with Gasteiger partial charge < -0.3 is 19.9 Å². The quantitative estimate of drug-likeness (QED) is 0.748. The van der Waals surface area contributed by atoms with E-state index in [2.05, 4.69) is 0 Å². The van der Waals surface area contributed by atoms with Gasteiger partial charge in [0.2, 0.25) is 12.5 Å². The van der Waals surface area contributed by atoms with E-state index in [1.54, 1.807) is 0 Å². The van der Waals surface area contributed by atoms with Gasteiger partial charge in [0.25, 0.3) is 0 Å². The van der Waals surface area contributed by atoms with E-state index in [9.17, 15) is 0 Å². The molecule has 2 heterocycles. The van der Waals surface area contributed by atoms with Crippen molar-refractivity contribution in [2.45, 2.75) is 38.3 Å². The molecule has 0 aliphatic carbocycles. The van der Waals surface area contributed by atoms with Crippen LogP contribution in [0.3, 0.4) is 0 Å². The molecule has 0 amide bonds. The zero-order valence-electron chi connectivity index (χ0n) is 10.4. The van der Waals surface area contributed by atoms with Crippen LogP contribution < -0.4 is 19.9 Å². The molecule has 0 spiro atoms. The second-order valence-electron chi connectivity index (χ2n) is 5.63. The summed E-state index contributed by atoms with van der Waals surface area (Å²) >= 11 is 0. The average molecular weight is 235 g/mol. The van der Waals surface area contributed by atoms with E-state index in [0.717, 1.165) is 23.5 Å². The SMILES string of the molecule is CC1(C)CC(C)(N)c2ccc3c(c2O1)OCO3. The molecule has 4 heteroatoms. The fourth-order valence-electron chi connectivity index (χ4n) is 2.79. The molecule has 0 saturated heterocycles. The molecule has 2 aliphatic rings. The predicted octanol–water partition coefficient (Wildman–Crippen LogP) is 2.15. The normalized spacial score (nSPS) is 28.5. The van der Waals surface area contributed by atoms with Gasteiger partial charge in [-0.1, -0.05) is 0 Å². The van der Waals surface area contributed by atoms with E-state index in [0.29, 0.717) is 5.75 Å². The van der Waals surface area contributed by atoms with Crippen molar-refractivity contribution in [2.24, 2.45) is 5.73 Å². The summed E-state index contributed by atoms with van der Waals surface area (Å²) in [5, 5.41) is 0. The van der Waals surface area contributed by atoms with Crippen molar-refractivity contribution in [2.75, 3.05) is 6.79 Å². The number of ether oxygens (including phenoxy) is 3. The number of nitrogens with two attached hydrogens (primary N) is 1. The molecule has 3 rings (SSSR count). The molecule has 0 bridgehead atoms. The standard InChI is InChI=1S/C13H17NO3/c1-12(2)6-13(3,14)8-4-5-9-11(10(8)17-12)16-7-15-9/h4-5H,6-7,14H2,1-3H3. The van der Waals surface area contributed by atoms with Crippen LogP contribution in [0, 0.1) is 0 Å². The number of fused-ring (bicyclic) bond motifs is 3. The lowest BCUT2D eigenvalue weighted by molar-refractivity contribution is 0.0460. The molecular formula is C13H17NO3. The first-order valence-corrected chi connectivity index (χ1v) is 5.80. The Balaban J connectivity index is 2.20. The van der Waals surface area contributed by atoms with E-state index in [1.807, 2.05) is 32.9 Å². The fraction of sp³-hybridized carbons (Fsp3) is 0.538. The molecule has 2 N–H and O–H groups in total. The third kappa shape index (κ3) is 1.55. The topological polar surface area (TPSA) is 53.7 Å². The lowest BCUT2D eigenvalue weighted by Gasteiger charge is -2.42. The van der Waals surface area contributed by atoms with Crippen LogP contribution in [0.4, 0.5) is 0 Å². The maximum atomic E-state index is 6.38. The van der Waals surface area contributed by atoms with Gasteiger partial charge in [-0.15, -0.1) is 0 Å². The number of benzene rings is 1. The molecule has 1 atom stereocenters. The van der Waals surface area contributed by atoms with Crippen LogP contribution in [0.25, 0.3) is 0 Å². The van der Waals surface area contributed by atoms with Crippen molar-refractivity contribution in [1.29, 1.82) is 0 Å². The number of hydrogen-bond donors (Lipinski definition) is 1. The van der Waals surface area contributed by atoms with E-state index < -0.39 is 5.54 Å². The Morgan fingerprint density at radius 1 is 1.12 bits per heavy atom. The highest BCUT2D eigenvalue weighted by Crippen LogP contribution is 2.51. The minimum absolute atomic E-state index is 0.247. The van der Waals surface area contributed by atoms with Crippen molar-refractivity contribution >= 4 is 0 Å². The van der Waals surface area contributed by atoms with Crippen LogP contribution in [0.1, 0.15) is 32.8 Å². The van der Waals surface area contributed by atoms with Gasteiger partial charge in [-0.2, -0.15) is 0 Å². The highest BCUT2D eigenvalue weighted by atomic mass is 16.7. The van der Waals surface area contributed by atoms with Gasteiger partial charge >= 0.3 is 0 Å². The Kier molecular flexibility index (Phi) is 1.94. The van der Waals surface area contributed by atoms with Crippen molar-refractivity contribution < 1.29 is 14.2 Å².